The molecule has 0 saturated heterocycles. The molecule has 100 heavy (non-hydrogen) atoms. The fourth-order valence-corrected chi connectivity index (χ4v) is 17.7. The van der Waals surface area contributed by atoms with E-state index in [1.807, 2.05) is 0 Å². The van der Waals surface area contributed by atoms with Gasteiger partial charge in [0.05, 0.1) is 66.2 Å². The average molecular weight is 1280 g/mol. The summed E-state index contributed by atoms with van der Waals surface area (Å²) in [6, 6.07) is 123. The highest BCUT2D eigenvalue weighted by Gasteiger charge is 2.29. The molecule has 468 valence electrons. The van der Waals surface area contributed by atoms with Crippen LogP contribution in [-0.4, -0.2) is 34.1 Å². The van der Waals surface area contributed by atoms with Crippen LogP contribution < -0.4 is 16.4 Å². The van der Waals surface area contributed by atoms with Crippen molar-refractivity contribution in [3.8, 4) is 34.1 Å². The number of fused-ring (bicyclic) bond motifs is 18. The Labute approximate surface area is 577 Å². The van der Waals surface area contributed by atoms with Crippen LogP contribution >= 0.6 is 0 Å². The second kappa shape index (κ2) is 21.6. The van der Waals surface area contributed by atoms with Crippen LogP contribution in [0.25, 0.3) is 165 Å². The number of rotatable bonds is 9. The number of nitrogens with zero attached hydrogens (tertiary/aromatic N) is 6. The fraction of sp³-hybridized carbons (Fsp3) is 0.0323. The Bertz CT molecular complexity index is 6590. The number of aryl methyl sites for hydroxylation is 3. The summed E-state index contributed by atoms with van der Waals surface area (Å²) >= 11 is 0. The molecule has 6 aromatic heterocycles. The summed E-state index contributed by atoms with van der Waals surface area (Å²) in [5.41, 5.74) is 28.5. The van der Waals surface area contributed by atoms with Gasteiger partial charge in [0, 0.05) is 98.8 Å². The highest BCUT2D eigenvalue weighted by molar-refractivity contribution is 6.96. The van der Waals surface area contributed by atoms with Crippen molar-refractivity contribution in [1.82, 2.24) is 27.4 Å². The predicted octanol–water partition coefficient (Wildman–Crippen LogP) is 21.7. The average Bonchev–Trinajstić information content (AvgIpc) is 1.56. The lowest BCUT2D eigenvalue weighted by atomic mass is 9.35. The van der Waals surface area contributed by atoms with Crippen molar-refractivity contribution in [3.63, 3.8) is 0 Å². The van der Waals surface area contributed by atoms with Gasteiger partial charge in [-0.15, -0.1) is 0 Å². The molecule has 15 aromatic carbocycles. The highest BCUT2D eigenvalue weighted by atomic mass is 15.0. The van der Waals surface area contributed by atoms with Gasteiger partial charge in [0.25, 0.3) is 0 Å². The molecule has 0 bridgehead atoms. The maximum atomic E-state index is 2.52. The molecule has 0 aliphatic heterocycles. The van der Waals surface area contributed by atoms with Crippen molar-refractivity contribution in [2.24, 2.45) is 0 Å². The summed E-state index contributed by atoms with van der Waals surface area (Å²) in [6.45, 7) is 6.73. The maximum absolute atomic E-state index is 2.52. The highest BCUT2D eigenvalue weighted by Crippen LogP contribution is 2.44. The Balaban J connectivity index is 0.746. The van der Waals surface area contributed by atoms with E-state index in [1.165, 1.54) is 142 Å². The molecule has 0 spiro atoms. The topological polar surface area (TPSA) is 29.6 Å². The monoisotopic (exact) mass is 1270 g/mol. The van der Waals surface area contributed by atoms with Gasteiger partial charge < -0.3 is 27.4 Å². The van der Waals surface area contributed by atoms with E-state index < -0.39 is 0 Å². The van der Waals surface area contributed by atoms with Gasteiger partial charge in [-0.1, -0.05) is 215 Å². The minimum absolute atomic E-state index is 0.115. The largest absolute Gasteiger partial charge is 0.309 e. The summed E-state index contributed by atoms with van der Waals surface area (Å²) in [5.74, 6) is 0. The van der Waals surface area contributed by atoms with Gasteiger partial charge in [-0.05, 0) is 166 Å². The molecule has 7 heteroatoms. The standard InChI is InChI=1S/C93H63BN6/c1-58-48-59(2)93(60(3)49-58)94(61-24-22-30-65(50-61)97-83-40-18-12-34-71(83)77-54-79-73-36-14-20-42-85(73)99(91(79)56-89(77)97)67-44-46-87-75(52-67)69-32-10-16-38-81(69)95(87)63-26-6-4-7-27-63)62-25-23-31-66(51-62)98-84-41-19-13-35-72(84)78-55-80-74-37-15-21-43-86(74)100(92(80)57-90(78)98)68-45-47-88-76(53-68)70-33-11-17-39-82(70)96(88)64-28-8-5-9-29-64/h4-57H,1-3H3. The zero-order valence-electron chi connectivity index (χ0n) is 55.4. The first kappa shape index (κ1) is 56.4. The van der Waals surface area contributed by atoms with Crippen LogP contribution in [0.2, 0.25) is 0 Å². The molecular weight excluding hydrogens is 1210 g/mol. The molecule has 6 nitrogen and oxygen atoms in total. The van der Waals surface area contributed by atoms with Crippen LogP contribution in [0.5, 0.6) is 0 Å². The number of hydrogen-bond donors (Lipinski definition) is 0. The van der Waals surface area contributed by atoms with Crippen molar-refractivity contribution >= 4 is 154 Å². The SMILES string of the molecule is Cc1cc(C)c(B(c2cccc(-n3c4ccccc4c4cc5c6ccccc6n(-c6ccc7c(c6)c6ccccc6n7-c6ccccc6)c5cc43)c2)c2cccc(-n3c4ccccc4c4cc5c6ccccc6n(-c6ccc7c(c6)c6ccccc6n7-c6ccccc6)c5cc43)c2)c(C)c1. The minimum Gasteiger partial charge on any atom is -0.309 e. The first-order chi connectivity index (χ1) is 49.4. The van der Waals surface area contributed by atoms with E-state index in [2.05, 4.69) is 376 Å². The van der Waals surface area contributed by atoms with E-state index in [4.69, 9.17) is 0 Å². The van der Waals surface area contributed by atoms with Crippen molar-refractivity contribution in [2.45, 2.75) is 20.8 Å². The first-order valence-corrected chi connectivity index (χ1v) is 34.8. The van der Waals surface area contributed by atoms with E-state index in [9.17, 15) is 0 Å². The molecule has 0 radical (unpaired) electrons. The first-order valence-electron chi connectivity index (χ1n) is 34.8. The lowest BCUT2D eigenvalue weighted by Crippen LogP contribution is -2.54. The molecular formula is C93H63BN6. The van der Waals surface area contributed by atoms with E-state index >= 15 is 0 Å². The smallest absolute Gasteiger partial charge is 0.242 e. The van der Waals surface area contributed by atoms with Crippen molar-refractivity contribution in [3.05, 3.63) is 344 Å². The number of para-hydroxylation sites is 8. The Morgan fingerprint density at radius 2 is 0.440 bits per heavy atom. The van der Waals surface area contributed by atoms with Crippen LogP contribution in [0.4, 0.5) is 0 Å². The van der Waals surface area contributed by atoms with Gasteiger partial charge in [-0.25, -0.2) is 0 Å². The molecule has 21 aromatic rings. The molecule has 0 amide bonds. The zero-order valence-corrected chi connectivity index (χ0v) is 55.4. The van der Waals surface area contributed by atoms with Gasteiger partial charge in [0.1, 0.15) is 0 Å². The maximum Gasteiger partial charge on any atom is 0.242 e. The number of aromatic nitrogens is 6. The summed E-state index contributed by atoms with van der Waals surface area (Å²) in [7, 11) is 0. The number of hydrogen-bond acceptors (Lipinski definition) is 0. The second-order valence-corrected chi connectivity index (χ2v) is 27.4. The minimum atomic E-state index is -0.115. The molecule has 0 fully saturated rings. The molecule has 0 unspecified atom stereocenters. The van der Waals surface area contributed by atoms with E-state index in [-0.39, 0.29) is 6.71 Å². The van der Waals surface area contributed by atoms with Crippen LogP contribution in [0.15, 0.2) is 328 Å². The predicted molar refractivity (Wildman–Crippen MR) is 424 cm³/mol. The lowest BCUT2D eigenvalue weighted by molar-refractivity contribution is 1.16. The third-order valence-electron chi connectivity index (χ3n) is 21.7. The second-order valence-electron chi connectivity index (χ2n) is 27.4. The molecule has 0 N–H and O–H groups in total. The van der Waals surface area contributed by atoms with E-state index in [1.54, 1.807) is 0 Å². The quantitative estimate of drug-likeness (QED) is 0.129. The number of benzene rings is 15. The summed E-state index contributed by atoms with van der Waals surface area (Å²) in [5, 5.41) is 14.7. The van der Waals surface area contributed by atoms with Crippen LogP contribution in [0.3, 0.4) is 0 Å². The van der Waals surface area contributed by atoms with E-state index in [0.717, 1.165) is 56.2 Å². The molecule has 0 aliphatic carbocycles. The Kier molecular flexibility index (Phi) is 12.2. The van der Waals surface area contributed by atoms with Crippen LogP contribution in [-0.2, 0) is 0 Å². The molecule has 0 aliphatic rings. The van der Waals surface area contributed by atoms with Gasteiger partial charge in [-0.2, -0.15) is 0 Å². The van der Waals surface area contributed by atoms with Crippen LogP contribution in [0.1, 0.15) is 16.7 Å². The Hall–Kier alpha value is -12.8. The fourth-order valence-electron chi connectivity index (χ4n) is 17.7. The van der Waals surface area contributed by atoms with Gasteiger partial charge in [0.15, 0.2) is 0 Å². The molecule has 0 saturated carbocycles. The summed E-state index contributed by atoms with van der Waals surface area (Å²) in [6.07, 6.45) is 0. The van der Waals surface area contributed by atoms with Gasteiger partial charge in [0.2, 0.25) is 6.71 Å². The van der Waals surface area contributed by atoms with Crippen molar-refractivity contribution in [2.75, 3.05) is 0 Å². The summed E-state index contributed by atoms with van der Waals surface area (Å²) < 4.78 is 14.8. The Morgan fingerprint density at radius 1 is 0.180 bits per heavy atom. The molecule has 0 atom stereocenters. The van der Waals surface area contributed by atoms with Gasteiger partial charge in [-0.3, -0.25) is 0 Å². The molecule has 6 heterocycles. The van der Waals surface area contributed by atoms with Crippen LogP contribution in [0, 0.1) is 20.8 Å². The lowest BCUT2D eigenvalue weighted by Gasteiger charge is -2.23. The van der Waals surface area contributed by atoms with E-state index in [0.29, 0.717) is 0 Å². The molecule has 21 rings (SSSR count). The normalized spacial score (nSPS) is 12.2. The van der Waals surface area contributed by atoms with Crippen molar-refractivity contribution < 1.29 is 0 Å². The summed E-state index contributed by atoms with van der Waals surface area (Å²) in [4.78, 5) is 0. The Morgan fingerprint density at radius 3 is 0.770 bits per heavy atom. The third-order valence-corrected chi connectivity index (χ3v) is 21.7. The third kappa shape index (κ3) is 8.20. The zero-order chi connectivity index (χ0) is 66.0. The van der Waals surface area contributed by atoms with Crippen molar-refractivity contribution in [1.29, 1.82) is 0 Å². The van der Waals surface area contributed by atoms with Gasteiger partial charge >= 0.3 is 0 Å².